The number of hydrogen-bond acceptors (Lipinski definition) is 4. The van der Waals surface area contributed by atoms with Gasteiger partial charge in [0.1, 0.15) is 11.6 Å². The summed E-state index contributed by atoms with van der Waals surface area (Å²) in [4.78, 5) is 40.3. The second-order valence-electron chi connectivity index (χ2n) is 5.41. The fraction of sp³-hybridized carbons (Fsp3) is 0.176. The Kier molecular flexibility index (Phi) is 3.34. The third kappa shape index (κ3) is 2.14. The summed E-state index contributed by atoms with van der Waals surface area (Å²) in [5.74, 6) is -0.733. The molecule has 2 heterocycles. The normalized spacial score (nSPS) is 13.2. The van der Waals surface area contributed by atoms with Crippen LogP contribution in [0.3, 0.4) is 0 Å². The molecule has 1 aliphatic heterocycles. The molecule has 0 radical (unpaired) electrons. The van der Waals surface area contributed by atoms with E-state index in [2.05, 4.69) is 4.98 Å². The summed E-state index contributed by atoms with van der Waals surface area (Å²) in [6.07, 6.45) is 0. The summed E-state index contributed by atoms with van der Waals surface area (Å²) in [7, 11) is 0. The molecule has 0 saturated heterocycles. The van der Waals surface area contributed by atoms with Gasteiger partial charge in [0.05, 0.1) is 17.7 Å². The summed E-state index contributed by atoms with van der Waals surface area (Å²) >= 11 is 0. The van der Waals surface area contributed by atoms with Crippen molar-refractivity contribution in [1.82, 2.24) is 9.88 Å². The molecule has 1 aromatic carbocycles. The topological polar surface area (TPSA) is 94.0 Å². The molecule has 114 valence electrons. The molecule has 23 heavy (non-hydrogen) atoms. The lowest BCUT2D eigenvalue weighted by molar-refractivity contribution is 0.0642. The van der Waals surface area contributed by atoms with E-state index in [1.807, 2.05) is 6.07 Å². The molecule has 2 amide bonds. The van der Waals surface area contributed by atoms with Crippen molar-refractivity contribution in [2.24, 2.45) is 0 Å². The summed E-state index contributed by atoms with van der Waals surface area (Å²) in [5.41, 5.74) is 1.93. The van der Waals surface area contributed by atoms with Crippen molar-refractivity contribution in [3.63, 3.8) is 0 Å². The number of pyridine rings is 1. The molecule has 0 atom stereocenters. The zero-order chi connectivity index (χ0) is 16.7. The molecular weight excluding hydrogens is 294 g/mol. The maximum Gasteiger partial charge on any atom is 0.266 e. The number of benzene rings is 1. The summed E-state index contributed by atoms with van der Waals surface area (Å²) in [5, 5.41) is 9.10. The number of imide groups is 1. The van der Waals surface area contributed by atoms with Gasteiger partial charge < -0.3 is 4.98 Å². The van der Waals surface area contributed by atoms with E-state index in [0.717, 1.165) is 4.90 Å². The molecule has 6 heteroatoms. The van der Waals surface area contributed by atoms with Crippen LogP contribution in [0, 0.1) is 25.2 Å². The van der Waals surface area contributed by atoms with Gasteiger partial charge in [-0.15, -0.1) is 0 Å². The van der Waals surface area contributed by atoms with Crippen LogP contribution in [-0.4, -0.2) is 21.7 Å². The van der Waals surface area contributed by atoms with E-state index in [1.165, 1.54) is 0 Å². The maximum absolute atomic E-state index is 12.4. The first-order chi connectivity index (χ1) is 11.0. The minimum atomic E-state index is -0.464. The zero-order valence-corrected chi connectivity index (χ0v) is 12.6. The third-order valence-corrected chi connectivity index (χ3v) is 4.11. The molecule has 0 fully saturated rings. The highest BCUT2D eigenvalue weighted by atomic mass is 16.2. The Morgan fingerprint density at radius 2 is 1.65 bits per heavy atom. The fourth-order valence-corrected chi connectivity index (χ4v) is 2.82. The first kappa shape index (κ1) is 14.7. The van der Waals surface area contributed by atoms with Crippen molar-refractivity contribution >= 4 is 11.8 Å². The van der Waals surface area contributed by atoms with E-state index >= 15 is 0 Å². The second kappa shape index (κ2) is 5.21. The number of fused-ring (bicyclic) bond motifs is 1. The van der Waals surface area contributed by atoms with Crippen LogP contribution in [0.2, 0.25) is 0 Å². The molecular formula is C17H13N3O3. The Morgan fingerprint density at radius 3 is 2.17 bits per heavy atom. The van der Waals surface area contributed by atoms with Crippen molar-refractivity contribution in [2.45, 2.75) is 20.4 Å². The smallest absolute Gasteiger partial charge is 0.266 e. The maximum atomic E-state index is 12.4. The molecule has 2 aromatic rings. The number of aromatic nitrogens is 1. The van der Waals surface area contributed by atoms with E-state index < -0.39 is 5.56 Å². The van der Waals surface area contributed by atoms with Gasteiger partial charge in [-0.2, -0.15) is 5.26 Å². The zero-order valence-electron chi connectivity index (χ0n) is 12.6. The van der Waals surface area contributed by atoms with Crippen molar-refractivity contribution in [3.05, 3.63) is 68.1 Å². The van der Waals surface area contributed by atoms with Gasteiger partial charge in [-0.1, -0.05) is 12.1 Å². The molecule has 1 aliphatic rings. The quantitative estimate of drug-likeness (QED) is 0.854. The number of aryl methyl sites for hydroxylation is 1. The largest absolute Gasteiger partial charge is 0.325 e. The van der Waals surface area contributed by atoms with Crippen LogP contribution in [0.25, 0.3) is 0 Å². The lowest BCUT2D eigenvalue weighted by Gasteiger charge is -2.17. The van der Waals surface area contributed by atoms with E-state index in [-0.39, 0.29) is 23.9 Å². The lowest BCUT2D eigenvalue weighted by Crippen LogP contribution is -2.31. The molecule has 0 aliphatic carbocycles. The number of hydrogen-bond donors (Lipinski definition) is 1. The van der Waals surface area contributed by atoms with Gasteiger partial charge >= 0.3 is 0 Å². The van der Waals surface area contributed by atoms with Crippen LogP contribution in [-0.2, 0) is 6.54 Å². The van der Waals surface area contributed by atoms with Crippen LogP contribution in [0.15, 0.2) is 29.1 Å². The third-order valence-electron chi connectivity index (χ3n) is 4.11. The first-order valence-electron chi connectivity index (χ1n) is 7.03. The monoisotopic (exact) mass is 307 g/mol. The molecule has 1 N–H and O–H groups in total. The molecule has 0 saturated carbocycles. The van der Waals surface area contributed by atoms with Gasteiger partial charge in [0.15, 0.2) is 0 Å². The van der Waals surface area contributed by atoms with Gasteiger partial charge in [0.2, 0.25) is 0 Å². The Bertz CT molecular complexity index is 916. The average Bonchev–Trinajstić information content (AvgIpc) is 2.76. The molecule has 0 spiro atoms. The van der Waals surface area contributed by atoms with Gasteiger partial charge in [0.25, 0.3) is 17.4 Å². The predicted octanol–water partition coefficient (Wildman–Crippen LogP) is 1.66. The van der Waals surface area contributed by atoms with Crippen molar-refractivity contribution in [1.29, 1.82) is 5.26 Å². The summed E-state index contributed by atoms with van der Waals surface area (Å²) in [6, 6.07) is 8.50. The molecule has 0 bridgehead atoms. The first-order valence-corrected chi connectivity index (χ1v) is 7.03. The summed E-state index contributed by atoms with van der Waals surface area (Å²) < 4.78 is 0. The minimum Gasteiger partial charge on any atom is -0.325 e. The Morgan fingerprint density at radius 1 is 1.09 bits per heavy atom. The van der Waals surface area contributed by atoms with Gasteiger partial charge in [-0.25, -0.2) is 0 Å². The number of nitriles is 1. The van der Waals surface area contributed by atoms with E-state index in [9.17, 15) is 14.4 Å². The number of rotatable bonds is 2. The number of amides is 2. The number of H-pyrrole nitrogens is 1. The molecule has 0 unspecified atom stereocenters. The van der Waals surface area contributed by atoms with E-state index in [0.29, 0.717) is 27.9 Å². The minimum absolute atomic E-state index is 0.00205. The van der Waals surface area contributed by atoms with Crippen molar-refractivity contribution in [3.8, 4) is 6.07 Å². The predicted molar refractivity (Wildman–Crippen MR) is 81.9 cm³/mol. The number of carbonyl (C=O) groups excluding carboxylic acids is 2. The Balaban J connectivity index is 2.06. The van der Waals surface area contributed by atoms with Gasteiger partial charge in [0, 0.05) is 5.69 Å². The number of nitrogens with zero attached hydrogens (tertiary/aromatic N) is 2. The standard InChI is InChI=1S/C17H13N3O3/c1-9-13(7-18)15(21)19-10(2)14(9)8-20-16(22)11-5-3-4-6-12(11)17(20)23/h3-6H,8H2,1-2H3,(H,19,21). The number of nitrogens with one attached hydrogen (secondary N) is 1. The molecule has 3 rings (SSSR count). The average molecular weight is 307 g/mol. The molecule has 6 nitrogen and oxygen atoms in total. The van der Waals surface area contributed by atoms with Crippen LogP contribution in [0.4, 0.5) is 0 Å². The summed E-state index contributed by atoms with van der Waals surface area (Å²) in [6.45, 7) is 3.35. The second-order valence-corrected chi connectivity index (χ2v) is 5.41. The van der Waals surface area contributed by atoms with Crippen molar-refractivity contribution in [2.75, 3.05) is 0 Å². The fourth-order valence-electron chi connectivity index (χ4n) is 2.82. The van der Waals surface area contributed by atoms with Crippen LogP contribution in [0.5, 0.6) is 0 Å². The van der Waals surface area contributed by atoms with E-state index in [4.69, 9.17) is 5.26 Å². The highest BCUT2D eigenvalue weighted by Crippen LogP contribution is 2.25. The highest BCUT2D eigenvalue weighted by Gasteiger charge is 2.35. The van der Waals surface area contributed by atoms with E-state index in [1.54, 1.807) is 38.1 Å². The van der Waals surface area contributed by atoms with Crippen molar-refractivity contribution < 1.29 is 9.59 Å². The lowest BCUT2D eigenvalue weighted by atomic mass is 10.0. The Labute approximate surface area is 132 Å². The van der Waals surface area contributed by atoms with Crippen LogP contribution >= 0.6 is 0 Å². The number of aromatic amines is 1. The van der Waals surface area contributed by atoms with Gasteiger partial charge in [-0.3, -0.25) is 19.3 Å². The van der Waals surface area contributed by atoms with Crippen LogP contribution in [0.1, 0.15) is 43.1 Å². The van der Waals surface area contributed by atoms with Gasteiger partial charge in [-0.05, 0) is 37.1 Å². The highest BCUT2D eigenvalue weighted by molar-refractivity contribution is 6.21. The SMILES string of the molecule is Cc1[nH]c(=O)c(C#N)c(C)c1CN1C(=O)c2ccccc2C1=O. The van der Waals surface area contributed by atoms with Crippen LogP contribution < -0.4 is 5.56 Å². The number of carbonyl (C=O) groups is 2. The Hall–Kier alpha value is -3.20. The molecule has 1 aromatic heterocycles.